The van der Waals surface area contributed by atoms with Gasteiger partial charge in [-0.15, -0.1) is 11.3 Å². The number of hydrogen-bond donors (Lipinski definition) is 1. The van der Waals surface area contributed by atoms with Gasteiger partial charge in [0.25, 0.3) is 5.91 Å². The van der Waals surface area contributed by atoms with Crippen molar-refractivity contribution in [3.63, 3.8) is 0 Å². The van der Waals surface area contributed by atoms with Crippen LogP contribution in [-0.2, 0) is 17.9 Å². The zero-order valence-corrected chi connectivity index (χ0v) is 18.2. The van der Waals surface area contributed by atoms with Crippen LogP contribution in [0.25, 0.3) is 0 Å². The van der Waals surface area contributed by atoms with E-state index in [1.165, 1.54) is 11.3 Å². The second-order valence-corrected chi connectivity index (χ2v) is 8.23. The fraction of sp³-hybridized carbons (Fsp3) is 0.115. The first-order valence-corrected chi connectivity index (χ1v) is 11.2. The van der Waals surface area contributed by atoms with Crippen LogP contribution in [0.4, 0.5) is 0 Å². The van der Waals surface area contributed by atoms with E-state index >= 15 is 0 Å². The average molecular weight is 442 g/mol. The Balaban J connectivity index is 1.67. The summed E-state index contributed by atoms with van der Waals surface area (Å²) in [5.74, 6) is -0.515. The Morgan fingerprint density at radius 1 is 0.844 bits per heavy atom. The molecule has 5 nitrogen and oxygen atoms in total. The third-order valence-corrected chi connectivity index (χ3v) is 5.95. The van der Waals surface area contributed by atoms with Gasteiger partial charge in [0.05, 0.1) is 0 Å². The molecule has 0 aliphatic rings. The van der Waals surface area contributed by atoms with Crippen LogP contribution in [0, 0.1) is 0 Å². The minimum absolute atomic E-state index is 0.225. The monoisotopic (exact) mass is 441 g/mol. The lowest BCUT2D eigenvalue weighted by molar-refractivity contribution is -0.126. The fourth-order valence-electron chi connectivity index (χ4n) is 3.45. The zero-order chi connectivity index (χ0) is 22.2. The number of thiophene rings is 1. The quantitative estimate of drug-likeness (QED) is 0.425. The lowest BCUT2D eigenvalue weighted by Crippen LogP contribution is -2.43. The molecule has 2 heterocycles. The predicted molar refractivity (Wildman–Crippen MR) is 126 cm³/mol. The number of nitrogens with zero attached hydrogens (tertiary/aromatic N) is 2. The highest BCUT2D eigenvalue weighted by molar-refractivity contribution is 7.10. The van der Waals surface area contributed by atoms with E-state index in [0.29, 0.717) is 12.2 Å². The summed E-state index contributed by atoms with van der Waals surface area (Å²) in [6.07, 6.45) is 1.59. The van der Waals surface area contributed by atoms with Crippen LogP contribution in [0.15, 0.2) is 103 Å². The third-order valence-electron chi connectivity index (χ3n) is 5.02. The molecule has 0 fully saturated rings. The molecule has 0 spiro atoms. The standard InChI is InChI=1S/C26H23N3O2S/c30-25(28-18-20-10-3-1-4-11-20)24(23-15-9-17-32-23)29(19-21-12-5-2-6-13-21)26(31)22-14-7-8-16-27-22/h1-17,24H,18-19H2,(H,28,30). The van der Waals surface area contributed by atoms with Crippen molar-refractivity contribution in [3.05, 3.63) is 124 Å². The highest BCUT2D eigenvalue weighted by Gasteiger charge is 2.33. The van der Waals surface area contributed by atoms with Crippen molar-refractivity contribution < 1.29 is 9.59 Å². The summed E-state index contributed by atoms with van der Waals surface area (Å²) in [6.45, 7) is 0.677. The number of carbonyl (C=O) groups excluding carboxylic acids is 2. The number of aromatic nitrogens is 1. The summed E-state index contributed by atoms with van der Waals surface area (Å²) in [5.41, 5.74) is 2.24. The van der Waals surface area contributed by atoms with Crippen molar-refractivity contribution >= 4 is 23.2 Å². The normalized spacial score (nSPS) is 11.5. The Kier molecular flexibility index (Phi) is 7.05. The number of benzene rings is 2. The molecular formula is C26H23N3O2S. The van der Waals surface area contributed by atoms with Gasteiger partial charge in [0, 0.05) is 24.2 Å². The van der Waals surface area contributed by atoms with Gasteiger partial charge in [-0.25, -0.2) is 0 Å². The first-order valence-electron chi connectivity index (χ1n) is 10.3. The number of pyridine rings is 1. The van der Waals surface area contributed by atoms with Gasteiger partial charge in [-0.1, -0.05) is 72.8 Å². The number of nitrogens with one attached hydrogen (secondary N) is 1. The van der Waals surface area contributed by atoms with Gasteiger partial charge in [-0.05, 0) is 34.7 Å². The summed E-state index contributed by atoms with van der Waals surface area (Å²) in [4.78, 5) is 33.7. The lowest BCUT2D eigenvalue weighted by Gasteiger charge is -2.30. The maximum absolute atomic E-state index is 13.6. The van der Waals surface area contributed by atoms with Crippen LogP contribution >= 0.6 is 11.3 Å². The molecule has 0 radical (unpaired) electrons. The van der Waals surface area contributed by atoms with Crippen LogP contribution in [0.5, 0.6) is 0 Å². The van der Waals surface area contributed by atoms with Gasteiger partial charge in [0.15, 0.2) is 0 Å². The van der Waals surface area contributed by atoms with E-state index in [-0.39, 0.29) is 18.4 Å². The smallest absolute Gasteiger partial charge is 0.273 e. The van der Waals surface area contributed by atoms with E-state index in [0.717, 1.165) is 16.0 Å². The maximum Gasteiger partial charge on any atom is 0.273 e. The summed E-state index contributed by atoms with van der Waals surface area (Å²) in [6, 6.07) is 27.6. The average Bonchev–Trinajstić information content (AvgIpc) is 3.38. The first kappa shape index (κ1) is 21.5. The largest absolute Gasteiger partial charge is 0.350 e. The van der Waals surface area contributed by atoms with Crippen LogP contribution in [0.2, 0.25) is 0 Å². The minimum Gasteiger partial charge on any atom is -0.350 e. The molecule has 0 aliphatic carbocycles. The van der Waals surface area contributed by atoms with E-state index in [1.54, 1.807) is 29.3 Å². The molecule has 2 aromatic carbocycles. The van der Waals surface area contributed by atoms with E-state index in [4.69, 9.17) is 0 Å². The second kappa shape index (κ2) is 10.5. The summed E-state index contributed by atoms with van der Waals surface area (Å²) < 4.78 is 0. The van der Waals surface area contributed by atoms with Crippen molar-refractivity contribution in [1.29, 1.82) is 0 Å². The molecule has 0 bridgehead atoms. The van der Waals surface area contributed by atoms with Crippen molar-refractivity contribution in [2.45, 2.75) is 19.1 Å². The van der Waals surface area contributed by atoms with Crippen LogP contribution < -0.4 is 5.32 Å². The van der Waals surface area contributed by atoms with E-state index in [9.17, 15) is 9.59 Å². The lowest BCUT2D eigenvalue weighted by atomic mass is 10.1. The Hall–Kier alpha value is -3.77. The van der Waals surface area contributed by atoms with Crippen molar-refractivity contribution in [3.8, 4) is 0 Å². The molecule has 0 saturated carbocycles. The van der Waals surface area contributed by atoms with E-state index in [1.807, 2.05) is 78.2 Å². The fourth-order valence-corrected chi connectivity index (χ4v) is 4.28. The van der Waals surface area contributed by atoms with Crippen molar-refractivity contribution in [1.82, 2.24) is 15.2 Å². The van der Waals surface area contributed by atoms with Crippen LogP contribution in [-0.4, -0.2) is 21.7 Å². The SMILES string of the molecule is O=C(NCc1ccccc1)C(c1cccs1)N(Cc1ccccc1)C(=O)c1ccccn1. The number of hydrogen-bond acceptors (Lipinski definition) is 4. The Labute approximate surface area is 191 Å². The molecule has 1 unspecified atom stereocenters. The number of rotatable bonds is 8. The Morgan fingerprint density at radius 3 is 2.16 bits per heavy atom. The van der Waals surface area contributed by atoms with Gasteiger partial charge >= 0.3 is 0 Å². The molecule has 32 heavy (non-hydrogen) atoms. The second-order valence-electron chi connectivity index (χ2n) is 7.25. The molecule has 6 heteroatoms. The van der Waals surface area contributed by atoms with Crippen LogP contribution in [0.3, 0.4) is 0 Å². The summed E-state index contributed by atoms with van der Waals surface area (Å²) in [7, 11) is 0. The van der Waals surface area contributed by atoms with Crippen molar-refractivity contribution in [2.75, 3.05) is 0 Å². The molecule has 160 valence electrons. The van der Waals surface area contributed by atoms with Gasteiger partial charge in [-0.2, -0.15) is 0 Å². The molecule has 4 rings (SSSR count). The van der Waals surface area contributed by atoms with Gasteiger partial charge < -0.3 is 10.2 Å². The zero-order valence-electron chi connectivity index (χ0n) is 17.4. The highest BCUT2D eigenvalue weighted by atomic mass is 32.1. The van der Waals surface area contributed by atoms with Gasteiger partial charge in [-0.3, -0.25) is 14.6 Å². The van der Waals surface area contributed by atoms with E-state index in [2.05, 4.69) is 10.3 Å². The van der Waals surface area contributed by atoms with Crippen molar-refractivity contribution in [2.24, 2.45) is 0 Å². The number of carbonyl (C=O) groups is 2. The molecule has 4 aromatic rings. The number of amides is 2. The topological polar surface area (TPSA) is 62.3 Å². The van der Waals surface area contributed by atoms with Crippen LogP contribution in [0.1, 0.15) is 32.5 Å². The molecule has 1 N–H and O–H groups in total. The molecule has 0 saturated heterocycles. The summed E-state index contributed by atoms with van der Waals surface area (Å²) >= 11 is 1.46. The highest BCUT2D eigenvalue weighted by Crippen LogP contribution is 2.29. The third kappa shape index (κ3) is 5.28. The van der Waals surface area contributed by atoms with E-state index < -0.39 is 6.04 Å². The molecule has 2 amide bonds. The Morgan fingerprint density at radius 2 is 1.53 bits per heavy atom. The summed E-state index contributed by atoms with van der Waals surface area (Å²) in [5, 5.41) is 4.93. The minimum atomic E-state index is -0.770. The Bertz CT molecular complexity index is 1130. The predicted octanol–water partition coefficient (Wildman–Crippen LogP) is 4.84. The van der Waals surface area contributed by atoms with Gasteiger partial charge in [0.1, 0.15) is 11.7 Å². The molecular weight excluding hydrogens is 418 g/mol. The molecule has 2 aromatic heterocycles. The first-order chi connectivity index (χ1) is 15.7. The van der Waals surface area contributed by atoms with Gasteiger partial charge in [0.2, 0.25) is 5.91 Å². The maximum atomic E-state index is 13.6. The molecule has 1 atom stereocenters. The molecule has 0 aliphatic heterocycles.